The highest BCUT2D eigenvalue weighted by Crippen LogP contribution is 2.29. The van der Waals surface area contributed by atoms with E-state index < -0.39 is 0 Å². The number of hydrogen-bond donors (Lipinski definition) is 2. The fourth-order valence-corrected chi connectivity index (χ4v) is 2.36. The smallest absolute Gasteiger partial charge is 0.150 e. The van der Waals surface area contributed by atoms with Crippen molar-refractivity contribution < 1.29 is 5.11 Å². The first kappa shape index (κ1) is 12.2. The molecule has 1 aliphatic heterocycles. The van der Waals surface area contributed by atoms with Gasteiger partial charge in [-0.15, -0.1) is 0 Å². The number of nitrogens with zero attached hydrogens (tertiary/aromatic N) is 3. The molecule has 0 aliphatic carbocycles. The maximum absolute atomic E-state index is 9.54. The van der Waals surface area contributed by atoms with Gasteiger partial charge >= 0.3 is 0 Å². The minimum absolute atomic E-state index is 0.156. The molecular formula is C12H22N4O. The molecule has 1 aromatic rings. The Morgan fingerprint density at radius 3 is 2.65 bits per heavy atom. The Labute approximate surface area is 102 Å². The molecule has 2 heterocycles. The van der Waals surface area contributed by atoms with Crippen molar-refractivity contribution in [3.63, 3.8) is 0 Å². The summed E-state index contributed by atoms with van der Waals surface area (Å²) in [5.41, 5.74) is 7.80. The standard InChI is InChI=1S/C12H22N4O/c1-3-6-16-12(11(13)9(2)14-16)15-7-4-10(17)5-8-15/h10,17H,3-8,13H2,1-2H3. The Balaban J connectivity index is 2.23. The summed E-state index contributed by atoms with van der Waals surface area (Å²) in [6, 6.07) is 0. The van der Waals surface area contributed by atoms with Crippen LogP contribution in [-0.2, 0) is 6.54 Å². The second kappa shape index (κ2) is 4.96. The van der Waals surface area contributed by atoms with Crippen LogP contribution in [-0.4, -0.2) is 34.1 Å². The number of piperidine rings is 1. The van der Waals surface area contributed by atoms with Crippen molar-refractivity contribution in [1.29, 1.82) is 0 Å². The average molecular weight is 238 g/mol. The van der Waals surface area contributed by atoms with Crippen LogP contribution in [0.4, 0.5) is 11.5 Å². The molecule has 17 heavy (non-hydrogen) atoms. The molecule has 1 fully saturated rings. The zero-order chi connectivity index (χ0) is 12.4. The number of nitrogen functional groups attached to an aromatic ring is 1. The molecule has 0 saturated carbocycles. The minimum Gasteiger partial charge on any atom is -0.394 e. The number of aryl methyl sites for hydroxylation is 2. The Kier molecular flexibility index (Phi) is 3.57. The van der Waals surface area contributed by atoms with Crippen LogP contribution in [0, 0.1) is 6.92 Å². The predicted octanol–water partition coefficient (Wildman–Crippen LogP) is 1.14. The molecule has 1 aliphatic rings. The van der Waals surface area contributed by atoms with Crippen molar-refractivity contribution in [2.45, 2.75) is 45.8 Å². The van der Waals surface area contributed by atoms with E-state index in [1.54, 1.807) is 0 Å². The van der Waals surface area contributed by atoms with Gasteiger partial charge in [-0.2, -0.15) is 5.10 Å². The molecule has 0 aromatic carbocycles. The molecule has 2 rings (SSSR count). The third kappa shape index (κ3) is 2.39. The van der Waals surface area contributed by atoms with Gasteiger partial charge in [-0.25, -0.2) is 4.68 Å². The number of anilines is 2. The lowest BCUT2D eigenvalue weighted by Gasteiger charge is -2.31. The molecular weight excluding hydrogens is 216 g/mol. The molecule has 1 saturated heterocycles. The van der Waals surface area contributed by atoms with Crippen molar-refractivity contribution >= 4 is 11.5 Å². The van der Waals surface area contributed by atoms with E-state index in [2.05, 4.69) is 16.9 Å². The van der Waals surface area contributed by atoms with Crippen molar-refractivity contribution in [3.05, 3.63) is 5.69 Å². The first-order valence-corrected chi connectivity index (χ1v) is 6.39. The Bertz CT molecular complexity index is 380. The lowest BCUT2D eigenvalue weighted by Crippen LogP contribution is -2.37. The Hall–Kier alpha value is -1.23. The molecule has 3 N–H and O–H groups in total. The zero-order valence-electron chi connectivity index (χ0n) is 10.7. The molecule has 5 nitrogen and oxygen atoms in total. The number of hydrogen-bond acceptors (Lipinski definition) is 4. The molecule has 1 aromatic heterocycles. The maximum atomic E-state index is 9.54. The highest BCUT2D eigenvalue weighted by atomic mass is 16.3. The van der Waals surface area contributed by atoms with E-state index in [1.807, 2.05) is 11.6 Å². The number of aliphatic hydroxyl groups excluding tert-OH is 1. The summed E-state index contributed by atoms with van der Waals surface area (Å²) in [5.74, 6) is 1.04. The number of nitrogens with two attached hydrogens (primary N) is 1. The summed E-state index contributed by atoms with van der Waals surface area (Å²) >= 11 is 0. The van der Waals surface area contributed by atoms with Crippen LogP contribution in [0.5, 0.6) is 0 Å². The summed E-state index contributed by atoms with van der Waals surface area (Å²) in [5, 5.41) is 14.0. The average Bonchev–Trinajstić information content (AvgIpc) is 2.57. The van der Waals surface area contributed by atoms with Crippen LogP contribution < -0.4 is 10.6 Å². The first-order valence-electron chi connectivity index (χ1n) is 6.39. The van der Waals surface area contributed by atoms with Gasteiger partial charge < -0.3 is 15.7 Å². The van der Waals surface area contributed by atoms with Crippen LogP contribution in [0.1, 0.15) is 31.9 Å². The molecule has 0 spiro atoms. The summed E-state index contributed by atoms with van der Waals surface area (Å²) < 4.78 is 2.00. The van der Waals surface area contributed by atoms with Crippen molar-refractivity contribution in [1.82, 2.24) is 9.78 Å². The van der Waals surface area contributed by atoms with E-state index >= 15 is 0 Å². The van der Waals surface area contributed by atoms with Crippen LogP contribution in [0.25, 0.3) is 0 Å². The van der Waals surface area contributed by atoms with Gasteiger partial charge in [-0.3, -0.25) is 0 Å². The van der Waals surface area contributed by atoms with E-state index in [0.717, 1.165) is 56.1 Å². The van der Waals surface area contributed by atoms with E-state index in [0.29, 0.717) is 0 Å². The second-order valence-corrected chi connectivity index (χ2v) is 4.76. The summed E-state index contributed by atoms with van der Waals surface area (Å²) in [6.07, 6.45) is 2.52. The number of aromatic nitrogens is 2. The molecule has 0 unspecified atom stereocenters. The fraction of sp³-hybridized carbons (Fsp3) is 0.750. The lowest BCUT2D eigenvalue weighted by molar-refractivity contribution is 0.145. The van der Waals surface area contributed by atoms with Crippen molar-refractivity contribution in [2.24, 2.45) is 0 Å². The quantitative estimate of drug-likeness (QED) is 0.829. The predicted molar refractivity (Wildman–Crippen MR) is 69.1 cm³/mol. The minimum atomic E-state index is -0.156. The number of aliphatic hydroxyl groups is 1. The third-order valence-corrected chi connectivity index (χ3v) is 3.35. The van der Waals surface area contributed by atoms with E-state index in [4.69, 9.17) is 5.73 Å². The van der Waals surface area contributed by atoms with Crippen molar-refractivity contribution in [2.75, 3.05) is 23.7 Å². The highest BCUT2D eigenvalue weighted by molar-refractivity contribution is 5.66. The monoisotopic (exact) mass is 238 g/mol. The van der Waals surface area contributed by atoms with Gasteiger partial charge in [0.2, 0.25) is 0 Å². The number of rotatable bonds is 3. The topological polar surface area (TPSA) is 67.3 Å². The van der Waals surface area contributed by atoms with E-state index in [-0.39, 0.29) is 6.10 Å². The van der Waals surface area contributed by atoms with Crippen molar-refractivity contribution in [3.8, 4) is 0 Å². The van der Waals surface area contributed by atoms with Crippen LogP contribution in [0.2, 0.25) is 0 Å². The summed E-state index contributed by atoms with van der Waals surface area (Å²) in [6.45, 7) is 6.70. The largest absolute Gasteiger partial charge is 0.394 e. The van der Waals surface area contributed by atoms with Gasteiger partial charge in [0.1, 0.15) is 0 Å². The van der Waals surface area contributed by atoms with Gasteiger partial charge in [-0.1, -0.05) is 6.92 Å². The van der Waals surface area contributed by atoms with Gasteiger partial charge in [0.25, 0.3) is 0 Å². The summed E-state index contributed by atoms with van der Waals surface area (Å²) in [7, 11) is 0. The van der Waals surface area contributed by atoms with Gasteiger partial charge in [0.15, 0.2) is 5.82 Å². The molecule has 0 bridgehead atoms. The lowest BCUT2D eigenvalue weighted by atomic mass is 10.1. The Morgan fingerprint density at radius 2 is 2.06 bits per heavy atom. The molecule has 5 heteroatoms. The van der Waals surface area contributed by atoms with E-state index in [1.165, 1.54) is 0 Å². The van der Waals surface area contributed by atoms with Gasteiger partial charge in [0.05, 0.1) is 17.5 Å². The van der Waals surface area contributed by atoms with E-state index in [9.17, 15) is 5.11 Å². The Morgan fingerprint density at radius 1 is 1.41 bits per heavy atom. The summed E-state index contributed by atoms with van der Waals surface area (Å²) in [4.78, 5) is 2.25. The fourth-order valence-electron chi connectivity index (χ4n) is 2.36. The zero-order valence-corrected chi connectivity index (χ0v) is 10.7. The van der Waals surface area contributed by atoms with Crippen LogP contribution >= 0.6 is 0 Å². The molecule has 0 amide bonds. The molecule has 0 atom stereocenters. The normalized spacial score (nSPS) is 17.7. The van der Waals surface area contributed by atoms with Crippen LogP contribution in [0.15, 0.2) is 0 Å². The second-order valence-electron chi connectivity index (χ2n) is 4.76. The SMILES string of the molecule is CCCn1nc(C)c(N)c1N1CCC(O)CC1. The van der Waals surface area contributed by atoms with Crippen LogP contribution in [0.3, 0.4) is 0 Å². The maximum Gasteiger partial charge on any atom is 0.150 e. The molecule has 0 radical (unpaired) electrons. The first-order chi connectivity index (χ1) is 8.13. The van der Waals surface area contributed by atoms with Gasteiger partial charge in [0, 0.05) is 19.6 Å². The third-order valence-electron chi connectivity index (χ3n) is 3.35. The highest BCUT2D eigenvalue weighted by Gasteiger charge is 2.23. The molecule has 96 valence electrons. The van der Waals surface area contributed by atoms with Gasteiger partial charge in [-0.05, 0) is 26.2 Å².